The lowest BCUT2D eigenvalue weighted by atomic mass is 10.1. The SMILES string of the molecule is Cc1ccc(Cl)c2c(NN)cc(C3CC3)nc12. The molecule has 0 aliphatic heterocycles. The number of nitrogens with two attached hydrogens (primary N) is 1. The van der Waals surface area contributed by atoms with E-state index in [2.05, 4.69) is 5.43 Å². The van der Waals surface area contributed by atoms with Crippen LogP contribution in [0.4, 0.5) is 5.69 Å². The van der Waals surface area contributed by atoms with Gasteiger partial charge in [0.2, 0.25) is 0 Å². The van der Waals surface area contributed by atoms with Crippen molar-refractivity contribution in [1.29, 1.82) is 0 Å². The van der Waals surface area contributed by atoms with Crippen LogP contribution in [0.25, 0.3) is 10.9 Å². The van der Waals surface area contributed by atoms with Gasteiger partial charge >= 0.3 is 0 Å². The molecule has 3 nitrogen and oxygen atoms in total. The number of rotatable bonds is 2. The number of hydrogen-bond acceptors (Lipinski definition) is 3. The summed E-state index contributed by atoms with van der Waals surface area (Å²) in [5.74, 6) is 6.19. The Morgan fingerprint density at radius 3 is 2.82 bits per heavy atom. The van der Waals surface area contributed by atoms with Crippen molar-refractivity contribution in [2.75, 3.05) is 5.43 Å². The number of nitrogens with one attached hydrogen (secondary N) is 1. The first kappa shape index (κ1) is 10.8. The van der Waals surface area contributed by atoms with Gasteiger partial charge in [0.15, 0.2) is 0 Å². The van der Waals surface area contributed by atoms with Gasteiger partial charge in [0.05, 0.1) is 16.2 Å². The van der Waals surface area contributed by atoms with E-state index in [-0.39, 0.29) is 0 Å². The molecule has 0 unspecified atom stereocenters. The molecular formula is C13H14ClN3. The molecule has 1 aromatic carbocycles. The summed E-state index contributed by atoms with van der Waals surface area (Å²) in [4.78, 5) is 4.73. The monoisotopic (exact) mass is 247 g/mol. The molecule has 0 saturated heterocycles. The molecule has 3 rings (SSSR count). The largest absolute Gasteiger partial charge is 0.323 e. The van der Waals surface area contributed by atoms with Crippen LogP contribution in [0.15, 0.2) is 18.2 Å². The van der Waals surface area contributed by atoms with E-state index in [1.807, 2.05) is 25.1 Å². The molecule has 1 saturated carbocycles. The molecule has 88 valence electrons. The van der Waals surface area contributed by atoms with E-state index in [0.29, 0.717) is 10.9 Å². The molecule has 1 aliphatic rings. The minimum atomic E-state index is 0.602. The Balaban J connectivity index is 2.35. The minimum absolute atomic E-state index is 0.602. The zero-order valence-corrected chi connectivity index (χ0v) is 10.4. The van der Waals surface area contributed by atoms with Crippen LogP contribution in [0.3, 0.4) is 0 Å². The highest BCUT2D eigenvalue weighted by atomic mass is 35.5. The lowest BCUT2D eigenvalue weighted by molar-refractivity contribution is 1.04. The summed E-state index contributed by atoms with van der Waals surface area (Å²) in [6, 6.07) is 5.90. The molecule has 17 heavy (non-hydrogen) atoms. The maximum Gasteiger partial charge on any atom is 0.0770 e. The Kier molecular flexibility index (Phi) is 2.45. The number of aryl methyl sites for hydroxylation is 1. The van der Waals surface area contributed by atoms with Crippen LogP contribution < -0.4 is 11.3 Å². The van der Waals surface area contributed by atoms with Crippen molar-refractivity contribution in [3.63, 3.8) is 0 Å². The van der Waals surface area contributed by atoms with E-state index in [1.54, 1.807) is 0 Å². The smallest absolute Gasteiger partial charge is 0.0770 e. The predicted octanol–water partition coefficient (Wildman–Crippen LogP) is 3.36. The van der Waals surface area contributed by atoms with E-state index in [4.69, 9.17) is 22.4 Å². The molecule has 0 spiro atoms. The first-order chi connectivity index (χ1) is 8.20. The van der Waals surface area contributed by atoms with Gasteiger partial charge in [-0.3, -0.25) is 10.8 Å². The number of fused-ring (bicyclic) bond motifs is 1. The molecule has 1 aliphatic carbocycles. The first-order valence-corrected chi connectivity index (χ1v) is 6.15. The molecule has 1 fully saturated rings. The fourth-order valence-corrected chi connectivity index (χ4v) is 2.41. The molecule has 4 heteroatoms. The van der Waals surface area contributed by atoms with Crippen LogP contribution in [0.5, 0.6) is 0 Å². The topological polar surface area (TPSA) is 50.9 Å². The summed E-state index contributed by atoms with van der Waals surface area (Å²) in [5, 5.41) is 1.60. The molecule has 2 aromatic rings. The second-order valence-corrected chi connectivity index (χ2v) is 5.01. The van der Waals surface area contributed by atoms with Crippen LogP contribution in [0.2, 0.25) is 5.02 Å². The van der Waals surface area contributed by atoms with Gasteiger partial charge in [-0.25, -0.2) is 0 Å². The van der Waals surface area contributed by atoms with Gasteiger partial charge in [0.25, 0.3) is 0 Å². The van der Waals surface area contributed by atoms with Crippen LogP contribution in [-0.4, -0.2) is 4.98 Å². The average molecular weight is 248 g/mol. The van der Waals surface area contributed by atoms with Crippen molar-refractivity contribution >= 4 is 28.2 Å². The Labute approximate surface area is 105 Å². The van der Waals surface area contributed by atoms with E-state index in [9.17, 15) is 0 Å². The van der Waals surface area contributed by atoms with E-state index in [0.717, 1.165) is 27.8 Å². The van der Waals surface area contributed by atoms with Gasteiger partial charge < -0.3 is 5.43 Å². The predicted molar refractivity (Wildman–Crippen MR) is 71.3 cm³/mol. The zero-order chi connectivity index (χ0) is 12.0. The first-order valence-electron chi connectivity index (χ1n) is 5.77. The van der Waals surface area contributed by atoms with E-state index < -0.39 is 0 Å². The number of anilines is 1. The normalized spacial score (nSPS) is 15.2. The third-order valence-corrected chi connectivity index (χ3v) is 3.60. The number of nitrogen functional groups attached to an aromatic ring is 1. The number of benzene rings is 1. The summed E-state index contributed by atoms with van der Waals surface area (Å²) < 4.78 is 0. The maximum atomic E-state index is 6.22. The highest BCUT2D eigenvalue weighted by molar-refractivity contribution is 6.36. The molecule has 0 atom stereocenters. The Morgan fingerprint density at radius 1 is 1.41 bits per heavy atom. The lowest BCUT2D eigenvalue weighted by Gasteiger charge is -2.11. The Hall–Kier alpha value is -1.32. The number of aromatic nitrogens is 1. The lowest BCUT2D eigenvalue weighted by Crippen LogP contribution is -2.08. The maximum absolute atomic E-state index is 6.22. The van der Waals surface area contributed by atoms with Gasteiger partial charge in [-0.2, -0.15) is 0 Å². The summed E-state index contributed by atoms with van der Waals surface area (Å²) >= 11 is 6.22. The number of pyridine rings is 1. The molecule has 3 N–H and O–H groups in total. The van der Waals surface area contributed by atoms with Crippen molar-refractivity contribution in [3.8, 4) is 0 Å². The molecule has 0 amide bonds. The van der Waals surface area contributed by atoms with Crippen molar-refractivity contribution in [2.45, 2.75) is 25.7 Å². The van der Waals surface area contributed by atoms with Crippen molar-refractivity contribution < 1.29 is 0 Å². The third kappa shape index (κ3) is 1.75. The van der Waals surface area contributed by atoms with Gasteiger partial charge in [-0.05, 0) is 37.5 Å². The standard InChI is InChI=1S/C13H14ClN3/c1-7-2-5-9(14)12-11(17-15)6-10(8-3-4-8)16-13(7)12/h2,5-6,8H,3-4,15H2,1H3,(H,16,17). The highest BCUT2D eigenvalue weighted by Crippen LogP contribution is 2.42. The van der Waals surface area contributed by atoms with Gasteiger partial charge in [-0.1, -0.05) is 17.7 Å². The summed E-state index contributed by atoms with van der Waals surface area (Å²) in [7, 11) is 0. The van der Waals surface area contributed by atoms with Gasteiger partial charge in [0, 0.05) is 17.0 Å². The minimum Gasteiger partial charge on any atom is -0.323 e. The van der Waals surface area contributed by atoms with Crippen molar-refractivity contribution in [2.24, 2.45) is 5.84 Å². The Morgan fingerprint density at radius 2 is 2.18 bits per heavy atom. The van der Waals surface area contributed by atoms with Crippen LogP contribution in [-0.2, 0) is 0 Å². The zero-order valence-electron chi connectivity index (χ0n) is 9.63. The second-order valence-electron chi connectivity index (χ2n) is 4.60. The van der Waals surface area contributed by atoms with Crippen molar-refractivity contribution in [1.82, 2.24) is 4.98 Å². The fraction of sp³-hybridized carbons (Fsp3) is 0.308. The molecule has 0 radical (unpaired) electrons. The van der Waals surface area contributed by atoms with E-state index >= 15 is 0 Å². The number of hydrazine groups is 1. The fourth-order valence-electron chi connectivity index (χ4n) is 2.15. The van der Waals surface area contributed by atoms with Crippen LogP contribution in [0.1, 0.15) is 30.0 Å². The third-order valence-electron chi connectivity index (χ3n) is 3.28. The Bertz CT molecular complexity index is 591. The van der Waals surface area contributed by atoms with Crippen LogP contribution >= 0.6 is 11.6 Å². The van der Waals surface area contributed by atoms with E-state index in [1.165, 1.54) is 12.8 Å². The molecule has 1 aromatic heterocycles. The summed E-state index contributed by atoms with van der Waals surface area (Å²) in [6.45, 7) is 2.04. The van der Waals surface area contributed by atoms with Gasteiger partial charge in [-0.15, -0.1) is 0 Å². The molecule has 1 heterocycles. The summed E-state index contributed by atoms with van der Waals surface area (Å²) in [5.41, 5.74) is 6.81. The van der Waals surface area contributed by atoms with Gasteiger partial charge in [0.1, 0.15) is 0 Å². The van der Waals surface area contributed by atoms with Crippen molar-refractivity contribution in [3.05, 3.63) is 34.5 Å². The second kappa shape index (κ2) is 3.86. The summed E-state index contributed by atoms with van der Waals surface area (Å²) in [6.07, 6.45) is 2.45. The molecule has 0 bridgehead atoms. The molecular weight excluding hydrogens is 234 g/mol. The highest BCUT2D eigenvalue weighted by Gasteiger charge is 2.26. The number of hydrogen-bond donors (Lipinski definition) is 2. The van der Waals surface area contributed by atoms with Crippen LogP contribution in [0, 0.1) is 6.92 Å². The number of halogens is 1. The number of nitrogens with zero attached hydrogens (tertiary/aromatic N) is 1. The quantitative estimate of drug-likeness (QED) is 0.632. The average Bonchev–Trinajstić information content (AvgIpc) is 3.16.